The second-order valence-electron chi connectivity index (χ2n) is 7.89. The zero-order chi connectivity index (χ0) is 22.5. The summed E-state index contributed by atoms with van der Waals surface area (Å²) in [5.74, 6) is 1.44. The second kappa shape index (κ2) is 9.60. The van der Waals surface area contributed by atoms with Gasteiger partial charge in [0.1, 0.15) is 18.1 Å². The number of carbonyl (C=O) groups excluding carboxylic acids is 2. The Labute approximate surface area is 187 Å². The van der Waals surface area contributed by atoms with Crippen LogP contribution in [-0.2, 0) is 24.4 Å². The van der Waals surface area contributed by atoms with Gasteiger partial charge in [0.05, 0.1) is 32.4 Å². The lowest BCUT2D eigenvalue weighted by atomic mass is 10.1. The summed E-state index contributed by atoms with van der Waals surface area (Å²) in [6, 6.07) is 17.2. The maximum Gasteiger partial charge on any atom is 0.318 e. The van der Waals surface area contributed by atoms with Crippen LogP contribution in [0.15, 0.2) is 65.3 Å². The molecule has 166 valence electrons. The fourth-order valence-electron chi connectivity index (χ4n) is 3.70. The van der Waals surface area contributed by atoms with Gasteiger partial charge in [-0.15, -0.1) is 0 Å². The molecule has 0 atom stereocenters. The van der Waals surface area contributed by atoms with Gasteiger partial charge in [-0.25, -0.2) is 4.79 Å². The average Bonchev–Trinajstić information content (AvgIpc) is 3.21. The molecule has 32 heavy (non-hydrogen) atoms. The lowest BCUT2D eigenvalue weighted by Crippen LogP contribution is -2.40. The van der Waals surface area contributed by atoms with Gasteiger partial charge in [0.2, 0.25) is 5.91 Å². The molecular formula is C25H27N3O4. The van der Waals surface area contributed by atoms with Gasteiger partial charge in [-0.2, -0.15) is 0 Å². The van der Waals surface area contributed by atoms with Gasteiger partial charge in [-0.1, -0.05) is 23.8 Å². The third-order valence-electron chi connectivity index (χ3n) is 5.45. The lowest BCUT2D eigenvalue weighted by molar-refractivity contribution is -0.116. The number of hydrogen-bond donors (Lipinski definition) is 1. The summed E-state index contributed by atoms with van der Waals surface area (Å²) in [6.07, 6.45) is 1.58. The molecule has 0 bridgehead atoms. The average molecular weight is 434 g/mol. The molecule has 7 nitrogen and oxygen atoms in total. The van der Waals surface area contributed by atoms with Crippen LogP contribution in [0.4, 0.5) is 10.5 Å². The Morgan fingerprint density at radius 2 is 1.94 bits per heavy atom. The Morgan fingerprint density at radius 3 is 2.66 bits per heavy atom. The normalized spacial score (nSPS) is 13.0. The highest BCUT2D eigenvalue weighted by Crippen LogP contribution is 2.26. The van der Waals surface area contributed by atoms with Crippen molar-refractivity contribution in [2.45, 2.75) is 33.5 Å². The van der Waals surface area contributed by atoms with E-state index >= 15 is 0 Å². The van der Waals surface area contributed by atoms with E-state index in [1.165, 1.54) is 0 Å². The number of benzene rings is 2. The van der Waals surface area contributed by atoms with Crippen LogP contribution in [0.3, 0.4) is 0 Å². The topological polar surface area (TPSA) is 75.0 Å². The Morgan fingerprint density at radius 1 is 1.12 bits per heavy atom. The van der Waals surface area contributed by atoms with Crippen molar-refractivity contribution < 1.29 is 18.7 Å². The maximum absolute atomic E-state index is 12.7. The highest BCUT2D eigenvalue weighted by Gasteiger charge is 2.21. The van der Waals surface area contributed by atoms with Crippen LogP contribution in [0.5, 0.6) is 5.75 Å². The Balaban J connectivity index is 1.48. The molecule has 2 aromatic carbocycles. The molecule has 0 aliphatic carbocycles. The molecule has 3 aromatic rings. The van der Waals surface area contributed by atoms with Crippen molar-refractivity contribution in [1.29, 1.82) is 0 Å². The van der Waals surface area contributed by atoms with Gasteiger partial charge in [-0.3, -0.25) is 4.79 Å². The van der Waals surface area contributed by atoms with Crippen molar-refractivity contribution in [3.8, 4) is 5.75 Å². The van der Waals surface area contributed by atoms with Gasteiger partial charge in [0.25, 0.3) is 0 Å². The zero-order valence-electron chi connectivity index (χ0n) is 18.3. The molecule has 1 aliphatic heterocycles. The first kappa shape index (κ1) is 21.5. The number of carbonyl (C=O) groups is 2. The van der Waals surface area contributed by atoms with Crippen LogP contribution in [0.1, 0.15) is 29.4 Å². The number of aryl methyl sites for hydroxylation is 1. The van der Waals surface area contributed by atoms with Crippen molar-refractivity contribution in [2.75, 3.05) is 18.1 Å². The van der Waals surface area contributed by atoms with Crippen LogP contribution >= 0.6 is 0 Å². The molecule has 0 radical (unpaired) electrons. The number of fused-ring (bicyclic) bond motifs is 1. The first-order valence-electron chi connectivity index (χ1n) is 10.6. The van der Waals surface area contributed by atoms with E-state index in [9.17, 15) is 9.59 Å². The minimum atomic E-state index is -0.173. The van der Waals surface area contributed by atoms with Crippen molar-refractivity contribution in [3.05, 3.63) is 83.3 Å². The zero-order valence-corrected chi connectivity index (χ0v) is 18.3. The third kappa shape index (κ3) is 5.11. The maximum atomic E-state index is 12.7. The third-order valence-corrected chi connectivity index (χ3v) is 5.45. The lowest BCUT2D eigenvalue weighted by Gasteiger charge is -2.23. The summed E-state index contributed by atoms with van der Waals surface area (Å²) < 4.78 is 11.1. The highest BCUT2D eigenvalue weighted by molar-refractivity contribution is 5.91. The number of nitrogens with zero attached hydrogens (tertiary/aromatic N) is 2. The Bertz CT molecular complexity index is 1080. The summed E-state index contributed by atoms with van der Waals surface area (Å²) in [5.41, 5.74) is 3.89. The summed E-state index contributed by atoms with van der Waals surface area (Å²) in [7, 11) is 0. The first-order valence-corrected chi connectivity index (χ1v) is 10.6. The minimum absolute atomic E-state index is 0.0287. The van der Waals surface area contributed by atoms with E-state index < -0.39 is 0 Å². The van der Waals surface area contributed by atoms with Crippen molar-refractivity contribution >= 4 is 17.6 Å². The highest BCUT2D eigenvalue weighted by atomic mass is 16.5. The number of anilines is 1. The molecule has 3 amide bonds. The Kier molecular flexibility index (Phi) is 6.44. The van der Waals surface area contributed by atoms with E-state index in [0.29, 0.717) is 38.5 Å². The molecule has 0 spiro atoms. The molecule has 2 heterocycles. The molecule has 7 heteroatoms. The number of urea groups is 1. The standard InChI is InChI=1S/C25H27N3O4/c1-18-5-8-22(9-6-18)28(19(2)29)16-20-7-10-24-21(14-20)17-27(11-13-32-24)25(30)26-15-23-4-3-12-31-23/h3-10,12,14H,11,13,15-17H2,1-2H3,(H,26,30). The number of rotatable bonds is 5. The monoisotopic (exact) mass is 433 g/mol. The summed E-state index contributed by atoms with van der Waals surface area (Å²) in [6.45, 7) is 5.69. The number of furan rings is 1. The fraction of sp³-hybridized carbons (Fsp3) is 0.280. The van der Waals surface area contributed by atoms with Crippen LogP contribution in [-0.4, -0.2) is 30.0 Å². The van der Waals surface area contributed by atoms with E-state index in [1.807, 2.05) is 55.5 Å². The van der Waals surface area contributed by atoms with Crippen LogP contribution < -0.4 is 15.0 Å². The van der Waals surface area contributed by atoms with Crippen molar-refractivity contribution in [2.24, 2.45) is 0 Å². The molecule has 1 aliphatic rings. The van der Waals surface area contributed by atoms with Crippen LogP contribution in [0.25, 0.3) is 0 Å². The van der Waals surface area contributed by atoms with Crippen molar-refractivity contribution in [1.82, 2.24) is 10.2 Å². The summed E-state index contributed by atoms with van der Waals surface area (Å²) >= 11 is 0. The Hall–Kier alpha value is -3.74. The molecular weight excluding hydrogens is 406 g/mol. The van der Waals surface area contributed by atoms with Gasteiger partial charge in [0, 0.05) is 18.2 Å². The van der Waals surface area contributed by atoms with E-state index in [0.717, 1.165) is 28.1 Å². The molecule has 0 saturated carbocycles. The first-order chi connectivity index (χ1) is 15.5. The quantitative estimate of drug-likeness (QED) is 0.653. The van der Waals surface area contributed by atoms with E-state index in [1.54, 1.807) is 29.1 Å². The molecule has 0 unspecified atom stereocenters. The molecule has 0 saturated heterocycles. The predicted octanol–water partition coefficient (Wildman–Crippen LogP) is 4.25. The number of amides is 3. The molecule has 1 aromatic heterocycles. The van der Waals surface area contributed by atoms with Gasteiger partial charge in [-0.05, 0) is 48.9 Å². The van der Waals surface area contributed by atoms with E-state index in [2.05, 4.69) is 5.32 Å². The smallest absolute Gasteiger partial charge is 0.318 e. The number of ether oxygens (including phenoxy) is 1. The SMILES string of the molecule is CC(=O)N(Cc1ccc2c(c1)CN(C(=O)NCc1ccco1)CCO2)c1ccc(C)cc1. The van der Waals surface area contributed by atoms with E-state index in [-0.39, 0.29) is 11.9 Å². The van der Waals surface area contributed by atoms with Crippen LogP contribution in [0, 0.1) is 6.92 Å². The molecule has 0 fully saturated rings. The van der Waals surface area contributed by atoms with E-state index in [4.69, 9.17) is 9.15 Å². The van der Waals surface area contributed by atoms with Crippen molar-refractivity contribution in [3.63, 3.8) is 0 Å². The predicted molar refractivity (Wildman–Crippen MR) is 121 cm³/mol. The fourth-order valence-corrected chi connectivity index (χ4v) is 3.70. The van der Waals surface area contributed by atoms with Crippen LogP contribution in [0.2, 0.25) is 0 Å². The second-order valence-corrected chi connectivity index (χ2v) is 7.89. The largest absolute Gasteiger partial charge is 0.491 e. The summed E-state index contributed by atoms with van der Waals surface area (Å²) in [5, 5.41) is 2.89. The van der Waals surface area contributed by atoms with Gasteiger partial charge >= 0.3 is 6.03 Å². The summed E-state index contributed by atoms with van der Waals surface area (Å²) in [4.78, 5) is 28.5. The number of hydrogen-bond acceptors (Lipinski definition) is 4. The molecule has 4 rings (SSSR count). The minimum Gasteiger partial charge on any atom is -0.491 e. The van der Waals surface area contributed by atoms with Gasteiger partial charge < -0.3 is 24.3 Å². The van der Waals surface area contributed by atoms with Gasteiger partial charge in [0.15, 0.2) is 0 Å². The molecule has 1 N–H and O–H groups in total. The number of nitrogens with one attached hydrogen (secondary N) is 1.